The summed E-state index contributed by atoms with van der Waals surface area (Å²) < 4.78 is 37.8. The Morgan fingerprint density at radius 3 is 2.61 bits per heavy atom. The Labute approximate surface area is 171 Å². The summed E-state index contributed by atoms with van der Waals surface area (Å²) in [5.41, 5.74) is 2.43. The molecular formula is C20H24ClFN2O3S. The first-order valence-electron chi connectivity index (χ1n) is 8.94. The minimum Gasteiger partial charge on any atom is -0.354 e. The van der Waals surface area contributed by atoms with Gasteiger partial charge in [-0.1, -0.05) is 31.2 Å². The summed E-state index contributed by atoms with van der Waals surface area (Å²) in [7, 11) is -3.66. The number of carbonyl (C=O) groups excluding carboxylic acids is 1. The first kappa shape index (κ1) is 22.3. The second-order valence-corrected chi connectivity index (χ2v) is 8.87. The third kappa shape index (κ3) is 5.31. The van der Waals surface area contributed by atoms with Crippen LogP contribution in [0.1, 0.15) is 24.1 Å². The van der Waals surface area contributed by atoms with E-state index in [1.807, 2.05) is 18.2 Å². The summed E-state index contributed by atoms with van der Waals surface area (Å²) in [5.74, 6) is -1.84. The van der Waals surface area contributed by atoms with Gasteiger partial charge < -0.3 is 10.6 Å². The lowest BCUT2D eigenvalue weighted by Gasteiger charge is -2.27. The van der Waals surface area contributed by atoms with Crippen molar-refractivity contribution in [2.45, 2.75) is 24.3 Å². The van der Waals surface area contributed by atoms with Crippen molar-refractivity contribution in [1.82, 2.24) is 10.6 Å². The molecule has 5 nitrogen and oxygen atoms in total. The number of hydrogen-bond acceptors (Lipinski definition) is 4. The number of halogens is 2. The molecule has 1 aliphatic heterocycles. The number of hydrogen-bond donors (Lipinski definition) is 2. The van der Waals surface area contributed by atoms with Crippen LogP contribution in [0.25, 0.3) is 0 Å². The fraction of sp³-hybridized carbons (Fsp3) is 0.350. The average Bonchev–Trinajstić information content (AvgIpc) is 2.66. The second kappa shape index (κ2) is 9.49. The Balaban J connectivity index is 0.00000280. The molecule has 1 heterocycles. The Morgan fingerprint density at radius 1 is 1.21 bits per heavy atom. The van der Waals surface area contributed by atoms with Crippen LogP contribution in [0, 0.1) is 11.7 Å². The maximum atomic E-state index is 13.0. The van der Waals surface area contributed by atoms with Crippen molar-refractivity contribution in [3.05, 3.63) is 65.5 Å². The highest BCUT2D eigenvalue weighted by atomic mass is 35.5. The van der Waals surface area contributed by atoms with Crippen molar-refractivity contribution in [3.63, 3.8) is 0 Å². The molecule has 28 heavy (non-hydrogen) atoms. The maximum absolute atomic E-state index is 13.0. The van der Waals surface area contributed by atoms with E-state index in [2.05, 4.69) is 16.7 Å². The Kier molecular flexibility index (Phi) is 7.57. The van der Waals surface area contributed by atoms with Crippen molar-refractivity contribution in [2.24, 2.45) is 5.92 Å². The highest BCUT2D eigenvalue weighted by Gasteiger charge is 2.25. The first-order valence-corrected chi connectivity index (χ1v) is 10.6. The Bertz CT molecular complexity index is 919. The Hall–Kier alpha value is -1.96. The fourth-order valence-corrected chi connectivity index (χ4v) is 4.85. The van der Waals surface area contributed by atoms with Gasteiger partial charge in [0.2, 0.25) is 5.91 Å². The van der Waals surface area contributed by atoms with Gasteiger partial charge in [0.05, 0.1) is 10.6 Å². The number of fused-ring (bicyclic) bond motifs is 1. The van der Waals surface area contributed by atoms with Crippen molar-refractivity contribution in [2.75, 3.05) is 18.8 Å². The molecule has 0 saturated heterocycles. The van der Waals surface area contributed by atoms with E-state index in [1.54, 1.807) is 6.92 Å². The highest BCUT2D eigenvalue weighted by Crippen LogP contribution is 2.22. The molecule has 3 rings (SSSR count). The third-order valence-electron chi connectivity index (χ3n) is 4.79. The topological polar surface area (TPSA) is 75.3 Å². The van der Waals surface area contributed by atoms with E-state index in [0.29, 0.717) is 6.54 Å². The molecule has 152 valence electrons. The van der Waals surface area contributed by atoms with E-state index in [4.69, 9.17) is 0 Å². The van der Waals surface area contributed by atoms with Gasteiger partial charge in [-0.15, -0.1) is 12.4 Å². The van der Waals surface area contributed by atoms with E-state index in [1.165, 1.54) is 17.7 Å². The molecule has 2 aromatic carbocycles. The first-order chi connectivity index (χ1) is 12.9. The number of rotatable bonds is 6. The standard InChI is InChI=1S/C20H23FN2O3S.ClH/c1-14(13-27(25,26)17-8-6-16(21)7-9-17)20(24)23-12-19-18-5-3-2-4-15(18)10-11-22-19;/h2-9,14,19,22H,10-13H2,1H3,(H,23,24);1H. The van der Waals surface area contributed by atoms with Gasteiger partial charge in [-0.05, 0) is 48.4 Å². The summed E-state index contributed by atoms with van der Waals surface area (Å²) >= 11 is 0. The molecule has 8 heteroatoms. The number of nitrogens with one attached hydrogen (secondary N) is 2. The van der Waals surface area contributed by atoms with Crippen LogP contribution < -0.4 is 10.6 Å². The molecule has 0 aliphatic carbocycles. The highest BCUT2D eigenvalue weighted by molar-refractivity contribution is 7.91. The fourth-order valence-electron chi connectivity index (χ4n) is 3.29. The van der Waals surface area contributed by atoms with E-state index >= 15 is 0 Å². The van der Waals surface area contributed by atoms with Crippen molar-refractivity contribution in [3.8, 4) is 0 Å². The normalized spacial score (nSPS) is 17.1. The molecule has 2 unspecified atom stereocenters. The number of carbonyl (C=O) groups is 1. The van der Waals surface area contributed by atoms with Gasteiger partial charge in [0, 0.05) is 18.5 Å². The molecule has 1 amide bonds. The van der Waals surface area contributed by atoms with E-state index in [-0.39, 0.29) is 35.0 Å². The average molecular weight is 427 g/mol. The van der Waals surface area contributed by atoms with Gasteiger partial charge in [-0.25, -0.2) is 12.8 Å². The molecule has 1 aliphatic rings. The SMILES string of the molecule is CC(CS(=O)(=O)c1ccc(F)cc1)C(=O)NCC1NCCc2ccccc21.Cl. The van der Waals surface area contributed by atoms with E-state index < -0.39 is 21.6 Å². The van der Waals surface area contributed by atoms with E-state index in [9.17, 15) is 17.6 Å². The van der Waals surface area contributed by atoms with Gasteiger partial charge in [0.15, 0.2) is 9.84 Å². The summed E-state index contributed by atoms with van der Waals surface area (Å²) in [6, 6.07) is 12.8. The lowest BCUT2D eigenvalue weighted by molar-refractivity contribution is -0.124. The zero-order valence-electron chi connectivity index (χ0n) is 15.5. The van der Waals surface area contributed by atoms with Crippen LogP contribution in [0.5, 0.6) is 0 Å². The summed E-state index contributed by atoms with van der Waals surface area (Å²) in [4.78, 5) is 12.4. The minimum absolute atomic E-state index is 0. The van der Waals surface area contributed by atoms with Crippen LogP contribution in [-0.4, -0.2) is 33.2 Å². The molecule has 2 N–H and O–H groups in total. The molecule has 2 aromatic rings. The lowest BCUT2D eigenvalue weighted by Crippen LogP contribution is -2.41. The van der Waals surface area contributed by atoms with Gasteiger partial charge in [0.25, 0.3) is 0 Å². The molecule has 0 saturated carbocycles. The quantitative estimate of drug-likeness (QED) is 0.696. The zero-order valence-corrected chi connectivity index (χ0v) is 17.2. The van der Waals surface area contributed by atoms with Crippen LogP contribution in [-0.2, 0) is 21.1 Å². The molecule has 0 fully saturated rings. The predicted molar refractivity (Wildman–Crippen MR) is 109 cm³/mol. The molecular weight excluding hydrogens is 403 g/mol. The van der Waals surface area contributed by atoms with Crippen LogP contribution in [0.4, 0.5) is 4.39 Å². The van der Waals surface area contributed by atoms with Crippen molar-refractivity contribution >= 4 is 28.2 Å². The smallest absolute Gasteiger partial charge is 0.223 e. The van der Waals surface area contributed by atoms with Gasteiger partial charge >= 0.3 is 0 Å². The molecule has 2 atom stereocenters. The summed E-state index contributed by atoms with van der Waals surface area (Å²) in [6.07, 6.45) is 0.951. The summed E-state index contributed by atoms with van der Waals surface area (Å²) in [6.45, 7) is 2.82. The van der Waals surface area contributed by atoms with Gasteiger partial charge in [-0.3, -0.25) is 4.79 Å². The number of amides is 1. The number of sulfone groups is 1. The molecule has 0 aromatic heterocycles. The van der Waals surface area contributed by atoms with E-state index in [0.717, 1.165) is 30.7 Å². The van der Waals surface area contributed by atoms with Crippen molar-refractivity contribution < 1.29 is 17.6 Å². The summed E-state index contributed by atoms with van der Waals surface area (Å²) in [5, 5.41) is 6.23. The maximum Gasteiger partial charge on any atom is 0.223 e. The lowest BCUT2D eigenvalue weighted by atomic mass is 9.94. The second-order valence-electron chi connectivity index (χ2n) is 6.84. The minimum atomic E-state index is -3.66. The zero-order chi connectivity index (χ0) is 19.4. The van der Waals surface area contributed by atoms with Gasteiger partial charge in [0.1, 0.15) is 5.82 Å². The van der Waals surface area contributed by atoms with Crippen LogP contribution in [0.2, 0.25) is 0 Å². The third-order valence-corrected chi connectivity index (χ3v) is 6.71. The Morgan fingerprint density at radius 2 is 1.89 bits per heavy atom. The van der Waals surface area contributed by atoms with Crippen LogP contribution in [0.15, 0.2) is 53.4 Å². The monoisotopic (exact) mass is 426 g/mol. The molecule has 0 radical (unpaired) electrons. The van der Waals surface area contributed by atoms with Crippen LogP contribution in [0.3, 0.4) is 0 Å². The largest absolute Gasteiger partial charge is 0.354 e. The van der Waals surface area contributed by atoms with Crippen molar-refractivity contribution in [1.29, 1.82) is 0 Å². The van der Waals surface area contributed by atoms with Gasteiger partial charge in [-0.2, -0.15) is 0 Å². The molecule has 0 spiro atoms. The molecule has 0 bridgehead atoms. The van der Waals surface area contributed by atoms with Crippen LogP contribution >= 0.6 is 12.4 Å². The predicted octanol–water partition coefficient (Wildman–Crippen LogP) is 2.66. The number of benzene rings is 2.